The third kappa shape index (κ3) is 3.93. The molecule has 2 aliphatic carbocycles. The van der Waals surface area contributed by atoms with Gasteiger partial charge in [-0.1, -0.05) is 49.6 Å². The highest BCUT2D eigenvalue weighted by Gasteiger charge is 2.49. The second kappa shape index (κ2) is 8.58. The molecule has 3 fully saturated rings. The number of carbonyl (C=O) groups is 1. The molecule has 2 heterocycles. The SMILES string of the molecule is O=C(N1C[C@H]2C[C@@H](Nc3cnccn3)[C@H](O)C[C@H]2C1)C1(c2ccccc2)CCCCC1. The molecule has 1 aliphatic heterocycles. The summed E-state index contributed by atoms with van der Waals surface area (Å²) in [5.41, 5.74) is 0.805. The molecule has 0 spiro atoms. The van der Waals surface area contributed by atoms with E-state index in [2.05, 4.69) is 44.5 Å². The van der Waals surface area contributed by atoms with E-state index in [1.165, 1.54) is 12.0 Å². The quantitative estimate of drug-likeness (QED) is 0.793. The first-order chi connectivity index (χ1) is 15.2. The smallest absolute Gasteiger partial charge is 0.233 e. The average Bonchev–Trinajstić information content (AvgIpc) is 3.23. The maximum atomic E-state index is 13.9. The molecule has 1 amide bonds. The first-order valence-electron chi connectivity index (χ1n) is 11.7. The highest BCUT2D eigenvalue weighted by atomic mass is 16.3. The van der Waals surface area contributed by atoms with E-state index in [1.807, 2.05) is 6.07 Å². The van der Waals surface area contributed by atoms with E-state index in [9.17, 15) is 9.90 Å². The lowest BCUT2D eigenvalue weighted by molar-refractivity contribution is -0.138. The summed E-state index contributed by atoms with van der Waals surface area (Å²) in [4.78, 5) is 24.5. The van der Waals surface area contributed by atoms with Crippen molar-refractivity contribution < 1.29 is 9.90 Å². The third-order valence-corrected chi connectivity index (χ3v) is 7.77. The minimum Gasteiger partial charge on any atom is -0.391 e. The maximum Gasteiger partial charge on any atom is 0.233 e. The molecule has 2 saturated carbocycles. The maximum absolute atomic E-state index is 13.9. The summed E-state index contributed by atoms with van der Waals surface area (Å²) >= 11 is 0. The molecule has 4 atom stereocenters. The van der Waals surface area contributed by atoms with E-state index >= 15 is 0 Å². The molecule has 1 aromatic heterocycles. The van der Waals surface area contributed by atoms with E-state index in [0.29, 0.717) is 23.6 Å². The Kier molecular flexibility index (Phi) is 5.65. The zero-order valence-electron chi connectivity index (χ0n) is 18.0. The fourth-order valence-electron chi connectivity index (χ4n) is 6.16. The number of benzene rings is 1. The first kappa shape index (κ1) is 20.4. The molecule has 164 valence electrons. The van der Waals surface area contributed by atoms with Gasteiger partial charge in [-0.25, -0.2) is 4.98 Å². The molecular formula is C25H32N4O2. The molecular weight excluding hydrogens is 388 g/mol. The third-order valence-electron chi connectivity index (χ3n) is 7.77. The molecule has 0 radical (unpaired) electrons. The number of likely N-dealkylation sites (tertiary alicyclic amines) is 1. The monoisotopic (exact) mass is 420 g/mol. The van der Waals surface area contributed by atoms with Crippen LogP contribution in [-0.4, -0.2) is 51.1 Å². The number of nitrogens with zero attached hydrogens (tertiary/aromatic N) is 3. The molecule has 6 heteroatoms. The fraction of sp³-hybridized carbons (Fsp3) is 0.560. The second-order valence-corrected chi connectivity index (χ2v) is 9.62. The lowest BCUT2D eigenvalue weighted by Crippen LogP contribution is -2.47. The van der Waals surface area contributed by atoms with Crippen molar-refractivity contribution in [3.63, 3.8) is 0 Å². The molecule has 31 heavy (non-hydrogen) atoms. The molecule has 2 N–H and O–H groups in total. The lowest BCUT2D eigenvalue weighted by Gasteiger charge is -2.39. The number of hydrogen-bond acceptors (Lipinski definition) is 5. The summed E-state index contributed by atoms with van der Waals surface area (Å²) in [5, 5.41) is 14.1. The van der Waals surface area contributed by atoms with Crippen LogP contribution in [0.15, 0.2) is 48.9 Å². The van der Waals surface area contributed by atoms with Gasteiger partial charge in [-0.2, -0.15) is 0 Å². The normalized spacial score (nSPS) is 29.9. The van der Waals surface area contributed by atoms with Gasteiger partial charge >= 0.3 is 0 Å². The number of aliphatic hydroxyl groups is 1. The van der Waals surface area contributed by atoms with Crippen LogP contribution in [0.2, 0.25) is 0 Å². The van der Waals surface area contributed by atoms with Crippen LogP contribution in [0.25, 0.3) is 0 Å². The topological polar surface area (TPSA) is 78.4 Å². The van der Waals surface area contributed by atoms with Gasteiger partial charge in [-0.3, -0.25) is 9.78 Å². The summed E-state index contributed by atoms with van der Waals surface area (Å²) < 4.78 is 0. The number of aromatic nitrogens is 2. The highest BCUT2D eigenvalue weighted by Crippen LogP contribution is 2.44. The van der Waals surface area contributed by atoms with Crippen LogP contribution in [0.1, 0.15) is 50.5 Å². The van der Waals surface area contributed by atoms with Crippen molar-refractivity contribution in [2.75, 3.05) is 18.4 Å². The Morgan fingerprint density at radius 1 is 1.03 bits per heavy atom. The summed E-state index contributed by atoms with van der Waals surface area (Å²) in [7, 11) is 0. The Morgan fingerprint density at radius 3 is 2.48 bits per heavy atom. The summed E-state index contributed by atoms with van der Waals surface area (Å²) in [6, 6.07) is 10.4. The molecule has 5 rings (SSSR count). The van der Waals surface area contributed by atoms with Crippen molar-refractivity contribution in [1.82, 2.24) is 14.9 Å². The molecule has 6 nitrogen and oxygen atoms in total. The van der Waals surface area contributed by atoms with Crippen molar-refractivity contribution in [3.05, 3.63) is 54.5 Å². The molecule has 1 saturated heterocycles. The number of amides is 1. The van der Waals surface area contributed by atoms with Gasteiger partial charge in [-0.05, 0) is 43.1 Å². The van der Waals surface area contributed by atoms with Crippen LogP contribution in [0.3, 0.4) is 0 Å². The van der Waals surface area contributed by atoms with Crippen LogP contribution in [0, 0.1) is 11.8 Å². The van der Waals surface area contributed by atoms with Gasteiger partial charge in [0.2, 0.25) is 5.91 Å². The predicted molar refractivity (Wildman–Crippen MR) is 119 cm³/mol. The number of rotatable bonds is 4. The number of aliphatic hydroxyl groups excluding tert-OH is 1. The predicted octanol–water partition coefficient (Wildman–Crippen LogP) is 3.39. The van der Waals surface area contributed by atoms with Gasteiger partial charge in [0.1, 0.15) is 5.82 Å². The number of carbonyl (C=O) groups excluding carboxylic acids is 1. The summed E-state index contributed by atoms with van der Waals surface area (Å²) in [5.74, 6) is 1.79. The van der Waals surface area contributed by atoms with Crippen LogP contribution in [0.5, 0.6) is 0 Å². The standard InChI is InChI=1S/C25H32N4O2/c30-22-14-19-17-29(16-18(19)13-21(22)28-23-15-26-11-12-27-23)24(31)25(9-5-2-6-10-25)20-7-3-1-4-8-20/h1,3-4,7-8,11-12,15,18-19,21-22,30H,2,5-6,9-10,13-14,16-17H2,(H,27,28)/t18-,19+,21-,22-/m1/s1. The van der Waals surface area contributed by atoms with E-state index in [0.717, 1.165) is 51.6 Å². The minimum atomic E-state index is -0.434. The molecule has 2 aromatic rings. The van der Waals surface area contributed by atoms with E-state index in [4.69, 9.17) is 0 Å². The Morgan fingerprint density at radius 2 is 1.77 bits per heavy atom. The van der Waals surface area contributed by atoms with Gasteiger partial charge < -0.3 is 15.3 Å². The minimum absolute atomic E-state index is 0.0502. The number of fused-ring (bicyclic) bond motifs is 1. The van der Waals surface area contributed by atoms with Gasteiger partial charge in [-0.15, -0.1) is 0 Å². The van der Waals surface area contributed by atoms with Crippen molar-refractivity contribution >= 4 is 11.7 Å². The number of anilines is 1. The van der Waals surface area contributed by atoms with Crippen LogP contribution in [0.4, 0.5) is 5.82 Å². The lowest BCUT2D eigenvalue weighted by atomic mass is 9.68. The fourth-order valence-corrected chi connectivity index (χ4v) is 6.16. The van der Waals surface area contributed by atoms with Crippen molar-refractivity contribution in [2.45, 2.75) is 62.5 Å². The Bertz CT molecular complexity index is 885. The zero-order chi connectivity index (χ0) is 21.3. The van der Waals surface area contributed by atoms with Crippen LogP contribution in [-0.2, 0) is 10.2 Å². The summed E-state index contributed by atoms with van der Waals surface area (Å²) in [6.45, 7) is 1.57. The second-order valence-electron chi connectivity index (χ2n) is 9.62. The summed E-state index contributed by atoms with van der Waals surface area (Å²) in [6.07, 6.45) is 11.5. The van der Waals surface area contributed by atoms with Gasteiger partial charge in [0.05, 0.1) is 23.8 Å². The Labute approximate surface area is 184 Å². The largest absolute Gasteiger partial charge is 0.391 e. The highest BCUT2D eigenvalue weighted by molar-refractivity contribution is 5.88. The van der Waals surface area contributed by atoms with Crippen molar-refractivity contribution in [3.8, 4) is 0 Å². The van der Waals surface area contributed by atoms with E-state index in [-0.39, 0.29) is 11.5 Å². The molecule has 0 bridgehead atoms. The van der Waals surface area contributed by atoms with Crippen LogP contribution >= 0.6 is 0 Å². The van der Waals surface area contributed by atoms with E-state index < -0.39 is 6.10 Å². The van der Waals surface area contributed by atoms with E-state index in [1.54, 1.807) is 18.6 Å². The number of nitrogens with one attached hydrogen (secondary N) is 1. The van der Waals surface area contributed by atoms with Crippen molar-refractivity contribution in [2.24, 2.45) is 11.8 Å². The van der Waals surface area contributed by atoms with Crippen molar-refractivity contribution in [1.29, 1.82) is 0 Å². The molecule has 0 unspecified atom stereocenters. The van der Waals surface area contributed by atoms with Gasteiger partial charge in [0.15, 0.2) is 0 Å². The van der Waals surface area contributed by atoms with Gasteiger partial charge in [0, 0.05) is 25.5 Å². The Balaban J connectivity index is 1.32. The zero-order valence-corrected chi connectivity index (χ0v) is 18.0. The van der Waals surface area contributed by atoms with Gasteiger partial charge in [0.25, 0.3) is 0 Å². The molecule has 3 aliphatic rings. The average molecular weight is 421 g/mol. The molecule has 1 aromatic carbocycles. The Hall–Kier alpha value is -2.47. The first-order valence-corrected chi connectivity index (χ1v) is 11.7. The number of hydrogen-bond donors (Lipinski definition) is 2. The van der Waals surface area contributed by atoms with Crippen LogP contribution < -0.4 is 5.32 Å².